The first-order chi connectivity index (χ1) is 19.0. The predicted molar refractivity (Wildman–Crippen MR) is 147 cm³/mol. The van der Waals surface area contributed by atoms with Crippen LogP contribution in [0, 0.1) is 5.92 Å². The van der Waals surface area contributed by atoms with Crippen LogP contribution < -0.4 is 15.5 Å². The zero-order chi connectivity index (χ0) is 28.6. The van der Waals surface area contributed by atoms with Crippen molar-refractivity contribution >= 4 is 35.4 Å². The van der Waals surface area contributed by atoms with Gasteiger partial charge in [-0.05, 0) is 70.9 Å². The first-order valence-electron chi connectivity index (χ1n) is 14.3. The van der Waals surface area contributed by atoms with E-state index in [4.69, 9.17) is 4.74 Å². The van der Waals surface area contributed by atoms with E-state index in [1.807, 2.05) is 26.8 Å². The van der Waals surface area contributed by atoms with Crippen LogP contribution in [0.15, 0.2) is 18.2 Å². The fraction of sp³-hybridized carbons (Fsp3) is 0.621. The van der Waals surface area contributed by atoms with Crippen molar-refractivity contribution in [2.24, 2.45) is 5.92 Å². The maximum Gasteiger partial charge on any atom is 0.407 e. The summed E-state index contributed by atoms with van der Waals surface area (Å²) in [6.07, 6.45) is 3.62. The van der Waals surface area contributed by atoms with Crippen LogP contribution in [0.2, 0.25) is 0 Å². The van der Waals surface area contributed by atoms with Gasteiger partial charge >= 0.3 is 6.09 Å². The molecular formula is C29H39N5O6. The first-order valence-corrected chi connectivity index (χ1v) is 14.3. The van der Waals surface area contributed by atoms with E-state index in [-0.39, 0.29) is 30.9 Å². The van der Waals surface area contributed by atoms with Gasteiger partial charge in [-0.2, -0.15) is 0 Å². The molecule has 3 saturated heterocycles. The van der Waals surface area contributed by atoms with E-state index in [1.165, 1.54) is 0 Å². The van der Waals surface area contributed by atoms with Crippen LogP contribution in [0.1, 0.15) is 80.0 Å². The molecule has 1 aromatic carbocycles. The standard InChI is InChI=1S/C29H39N5O6/c1-29(2,3)40-28(39)30-19-11-13-32(14-12-19)17-18-9-15-33(16-10-18)21-6-4-5-20-24(21)27(38)34(26(20)37)22-7-8-23(35)31-25(22)36/h4-6,18-19,22H,7-17H2,1-3H3,(H,30,39)(H,31,35,36). The lowest BCUT2D eigenvalue weighted by atomic mass is 9.93. The zero-order valence-electron chi connectivity index (χ0n) is 23.5. The van der Waals surface area contributed by atoms with Gasteiger partial charge in [0.15, 0.2) is 0 Å². The van der Waals surface area contributed by atoms with Gasteiger partial charge < -0.3 is 19.9 Å². The molecule has 3 fully saturated rings. The van der Waals surface area contributed by atoms with Crippen LogP contribution in [-0.4, -0.2) is 89.9 Å². The molecule has 4 aliphatic rings. The van der Waals surface area contributed by atoms with Gasteiger partial charge in [0.2, 0.25) is 11.8 Å². The number of imide groups is 2. The number of nitrogens with zero attached hydrogens (tertiary/aromatic N) is 3. The largest absolute Gasteiger partial charge is 0.444 e. The molecule has 5 amide bonds. The molecule has 1 unspecified atom stereocenters. The van der Waals surface area contributed by atoms with Gasteiger partial charge in [0.1, 0.15) is 11.6 Å². The summed E-state index contributed by atoms with van der Waals surface area (Å²) in [5.74, 6) is -1.40. The van der Waals surface area contributed by atoms with Gasteiger partial charge in [0, 0.05) is 45.2 Å². The molecule has 1 atom stereocenters. The average Bonchev–Trinajstić information content (AvgIpc) is 3.14. The highest BCUT2D eigenvalue weighted by Gasteiger charge is 2.46. The van der Waals surface area contributed by atoms with Gasteiger partial charge in [-0.3, -0.25) is 29.4 Å². The van der Waals surface area contributed by atoms with Gasteiger partial charge in [-0.25, -0.2) is 4.79 Å². The number of rotatable bonds is 5. The van der Waals surface area contributed by atoms with Crippen molar-refractivity contribution < 1.29 is 28.7 Å². The summed E-state index contributed by atoms with van der Waals surface area (Å²) in [7, 11) is 0. The van der Waals surface area contributed by atoms with E-state index in [0.29, 0.717) is 17.0 Å². The Kier molecular flexibility index (Phi) is 7.85. The minimum absolute atomic E-state index is 0.0993. The highest BCUT2D eigenvalue weighted by molar-refractivity contribution is 6.25. The van der Waals surface area contributed by atoms with Crippen LogP contribution in [0.25, 0.3) is 0 Å². The summed E-state index contributed by atoms with van der Waals surface area (Å²) in [5, 5.41) is 5.24. The molecule has 0 saturated carbocycles. The number of benzene rings is 1. The number of alkyl carbamates (subject to hydrolysis) is 1. The summed E-state index contributed by atoms with van der Waals surface area (Å²) in [6.45, 7) is 9.99. The molecule has 0 spiro atoms. The van der Waals surface area contributed by atoms with E-state index in [1.54, 1.807) is 12.1 Å². The van der Waals surface area contributed by atoms with Crippen molar-refractivity contribution in [1.82, 2.24) is 20.4 Å². The molecule has 11 heteroatoms. The number of anilines is 1. The fourth-order valence-corrected chi connectivity index (χ4v) is 6.22. The molecule has 1 aromatic rings. The number of carbonyl (C=O) groups is 5. The van der Waals surface area contributed by atoms with Crippen molar-refractivity contribution in [2.75, 3.05) is 37.6 Å². The van der Waals surface area contributed by atoms with Gasteiger partial charge in [0.05, 0.1) is 16.8 Å². The Bertz CT molecular complexity index is 1190. The highest BCUT2D eigenvalue weighted by atomic mass is 16.6. The lowest BCUT2D eigenvalue weighted by molar-refractivity contribution is -0.136. The number of amides is 5. The van der Waals surface area contributed by atoms with E-state index in [0.717, 1.165) is 69.0 Å². The fourth-order valence-electron chi connectivity index (χ4n) is 6.22. The molecule has 0 radical (unpaired) electrons. The molecular weight excluding hydrogens is 514 g/mol. The van der Waals surface area contributed by atoms with Crippen molar-refractivity contribution in [3.8, 4) is 0 Å². The molecule has 2 N–H and O–H groups in total. The number of piperidine rings is 3. The second-order valence-electron chi connectivity index (χ2n) is 12.3. The van der Waals surface area contributed by atoms with E-state index >= 15 is 0 Å². The van der Waals surface area contributed by atoms with E-state index < -0.39 is 29.4 Å². The summed E-state index contributed by atoms with van der Waals surface area (Å²) in [5.41, 5.74) is 0.903. The number of ether oxygens (including phenoxy) is 1. The normalized spacial score (nSPS) is 23.3. The van der Waals surface area contributed by atoms with Crippen LogP contribution in [-0.2, 0) is 14.3 Å². The molecule has 40 heavy (non-hydrogen) atoms. The van der Waals surface area contributed by atoms with Crippen LogP contribution in [0.3, 0.4) is 0 Å². The smallest absolute Gasteiger partial charge is 0.407 e. The Morgan fingerprint density at radius 3 is 2.33 bits per heavy atom. The molecule has 11 nitrogen and oxygen atoms in total. The van der Waals surface area contributed by atoms with Crippen molar-refractivity contribution in [3.05, 3.63) is 29.3 Å². The molecule has 216 valence electrons. The highest BCUT2D eigenvalue weighted by Crippen LogP contribution is 2.36. The van der Waals surface area contributed by atoms with Crippen molar-refractivity contribution in [1.29, 1.82) is 0 Å². The van der Waals surface area contributed by atoms with Gasteiger partial charge in [-0.15, -0.1) is 0 Å². The summed E-state index contributed by atoms with van der Waals surface area (Å²) < 4.78 is 5.38. The Labute approximate surface area is 234 Å². The second-order valence-corrected chi connectivity index (χ2v) is 12.3. The second kappa shape index (κ2) is 11.2. The lowest BCUT2D eigenvalue weighted by Gasteiger charge is -2.39. The topological polar surface area (TPSA) is 128 Å². The third-order valence-electron chi connectivity index (χ3n) is 8.23. The minimum atomic E-state index is -0.966. The third kappa shape index (κ3) is 5.99. The summed E-state index contributed by atoms with van der Waals surface area (Å²) in [4.78, 5) is 68.4. The molecule has 5 rings (SSSR count). The Balaban J connectivity index is 1.14. The molecule has 0 aliphatic carbocycles. The van der Waals surface area contributed by atoms with Gasteiger partial charge in [0.25, 0.3) is 11.8 Å². The quantitative estimate of drug-likeness (QED) is 0.532. The minimum Gasteiger partial charge on any atom is -0.444 e. The Hall–Kier alpha value is -3.47. The first kappa shape index (κ1) is 28.1. The number of fused-ring (bicyclic) bond motifs is 1. The van der Waals surface area contributed by atoms with Gasteiger partial charge in [-0.1, -0.05) is 6.07 Å². The van der Waals surface area contributed by atoms with Crippen LogP contribution in [0.5, 0.6) is 0 Å². The molecule has 0 aromatic heterocycles. The number of hydrogen-bond donors (Lipinski definition) is 2. The monoisotopic (exact) mass is 553 g/mol. The van der Waals surface area contributed by atoms with Crippen LogP contribution >= 0.6 is 0 Å². The van der Waals surface area contributed by atoms with E-state index in [2.05, 4.69) is 20.4 Å². The lowest BCUT2D eigenvalue weighted by Crippen LogP contribution is -2.54. The van der Waals surface area contributed by atoms with Crippen molar-refractivity contribution in [3.63, 3.8) is 0 Å². The van der Waals surface area contributed by atoms with E-state index in [9.17, 15) is 24.0 Å². The zero-order valence-corrected chi connectivity index (χ0v) is 23.5. The maximum absolute atomic E-state index is 13.5. The average molecular weight is 554 g/mol. The third-order valence-corrected chi connectivity index (χ3v) is 8.23. The number of nitrogens with one attached hydrogen (secondary N) is 2. The Morgan fingerprint density at radius 1 is 0.975 bits per heavy atom. The molecule has 0 bridgehead atoms. The number of hydrogen-bond acceptors (Lipinski definition) is 8. The Morgan fingerprint density at radius 2 is 1.68 bits per heavy atom. The summed E-state index contributed by atoms with van der Waals surface area (Å²) in [6, 6.07) is 4.47. The van der Waals surface area contributed by atoms with Crippen molar-refractivity contribution in [2.45, 2.75) is 77.0 Å². The SMILES string of the molecule is CC(C)(C)OC(=O)NC1CCN(CC2CCN(c3cccc4c3C(=O)N(C3CCC(=O)NC3=O)C4=O)CC2)CC1. The molecule has 4 aliphatic heterocycles. The maximum atomic E-state index is 13.5. The molecule has 4 heterocycles. The number of likely N-dealkylation sites (tertiary alicyclic amines) is 1. The van der Waals surface area contributed by atoms with Crippen LogP contribution in [0.4, 0.5) is 10.5 Å². The summed E-state index contributed by atoms with van der Waals surface area (Å²) >= 11 is 0. The number of carbonyl (C=O) groups excluding carboxylic acids is 5. The predicted octanol–water partition coefficient (Wildman–Crippen LogP) is 2.29.